The Morgan fingerprint density at radius 2 is 1.96 bits per heavy atom. The predicted molar refractivity (Wildman–Crippen MR) is 106 cm³/mol. The van der Waals surface area contributed by atoms with E-state index in [2.05, 4.69) is 0 Å². The van der Waals surface area contributed by atoms with Gasteiger partial charge in [0.05, 0.1) is 4.92 Å². The average Bonchev–Trinajstić information content (AvgIpc) is 3.12. The molecule has 1 fully saturated rings. The third-order valence-corrected chi connectivity index (χ3v) is 4.87. The molecule has 1 atom stereocenters. The number of benzene rings is 1. The first-order valence-corrected chi connectivity index (χ1v) is 8.85. The van der Waals surface area contributed by atoms with Crippen molar-refractivity contribution in [2.45, 2.75) is 39.2 Å². The first-order valence-electron chi connectivity index (χ1n) is 8.85. The number of nitrogens with zero attached hydrogens (tertiary/aromatic N) is 3. The van der Waals surface area contributed by atoms with Crippen LogP contribution in [-0.2, 0) is 0 Å². The Morgan fingerprint density at radius 3 is 2.50 bits per heavy atom. The summed E-state index contributed by atoms with van der Waals surface area (Å²) in [5.74, 6) is 0.136. The van der Waals surface area contributed by atoms with E-state index in [1.54, 1.807) is 24.1 Å². The van der Waals surface area contributed by atoms with Gasteiger partial charge in [0.1, 0.15) is 5.69 Å². The summed E-state index contributed by atoms with van der Waals surface area (Å²) in [6.07, 6.45) is 2.78. The maximum absolute atomic E-state index is 12.6. The number of nitro benzene ring substituents is 1. The van der Waals surface area contributed by atoms with Gasteiger partial charge in [0.25, 0.3) is 11.6 Å². The Bertz CT molecular complexity index is 633. The van der Waals surface area contributed by atoms with E-state index in [1.807, 2.05) is 18.7 Å². The SMILES string of the molecule is CC(C)C(N)CCN(C)C(=O)c1ccc(N2CCCC2)c([N+](=O)[O-])c1.Cl. The molecule has 1 heterocycles. The zero-order chi connectivity index (χ0) is 18.6. The Balaban J connectivity index is 0.00000338. The molecule has 8 heteroatoms. The van der Waals surface area contributed by atoms with Crippen LogP contribution in [-0.4, -0.2) is 48.5 Å². The fourth-order valence-corrected chi connectivity index (χ4v) is 3.03. The van der Waals surface area contributed by atoms with Crippen molar-refractivity contribution in [3.63, 3.8) is 0 Å². The number of anilines is 1. The van der Waals surface area contributed by atoms with Gasteiger partial charge in [-0.05, 0) is 37.3 Å². The normalized spacial score (nSPS) is 14.9. The monoisotopic (exact) mass is 384 g/mol. The highest BCUT2D eigenvalue weighted by atomic mass is 35.5. The number of nitrogens with two attached hydrogens (primary N) is 1. The van der Waals surface area contributed by atoms with Crippen molar-refractivity contribution in [2.24, 2.45) is 11.7 Å². The molecular weight excluding hydrogens is 356 g/mol. The molecule has 0 aliphatic carbocycles. The standard InChI is InChI=1S/C18H28N4O3.ClH/c1-13(2)15(19)8-11-20(3)18(23)14-6-7-16(17(12-14)22(24)25)21-9-4-5-10-21;/h6-7,12-13,15H,4-5,8-11,19H2,1-3H3;1H. The lowest BCUT2D eigenvalue weighted by atomic mass is 10.0. The summed E-state index contributed by atoms with van der Waals surface area (Å²) in [6, 6.07) is 4.81. The van der Waals surface area contributed by atoms with Crippen LogP contribution in [0, 0.1) is 16.0 Å². The van der Waals surface area contributed by atoms with Gasteiger partial charge < -0.3 is 15.5 Å². The summed E-state index contributed by atoms with van der Waals surface area (Å²) >= 11 is 0. The van der Waals surface area contributed by atoms with Crippen LogP contribution < -0.4 is 10.6 Å². The topological polar surface area (TPSA) is 92.7 Å². The van der Waals surface area contributed by atoms with E-state index in [0.29, 0.717) is 30.1 Å². The number of carbonyl (C=O) groups excluding carboxylic acids is 1. The van der Waals surface area contributed by atoms with E-state index in [-0.39, 0.29) is 30.0 Å². The molecule has 2 N–H and O–H groups in total. The molecule has 1 aliphatic rings. The van der Waals surface area contributed by atoms with Gasteiger partial charge in [0.2, 0.25) is 0 Å². The minimum atomic E-state index is -0.404. The summed E-state index contributed by atoms with van der Waals surface area (Å²) in [7, 11) is 1.70. The van der Waals surface area contributed by atoms with Gasteiger partial charge in [-0.15, -0.1) is 12.4 Å². The first kappa shape index (κ1) is 22.2. The van der Waals surface area contributed by atoms with Gasteiger partial charge in [-0.1, -0.05) is 13.8 Å². The molecule has 2 rings (SSSR count). The molecule has 26 heavy (non-hydrogen) atoms. The molecule has 7 nitrogen and oxygen atoms in total. The molecule has 146 valence electrons. The highest BCUT2D eigenvalue weighted by Gasteiger charge is 2.24. The van der Waals surface area contributed by atoms with Crippen LogP contribution in [0.15, 0.2) is 18.2 Å². The van der Waals surface area contributed by atoms with Gasteiger partial charge in [-0.25, -0.2) is 0 Å². The number of nitro groups is 1. The molecular formula is C18H29ClN4O3. The minimum Gasteiger partial charge on any atom is -0.366 e. The zero-order valence-corrected chi connectivity index (χ0v) is 16.5. The van der Waals surface area contributed by atoms with Gasteiger partial charge >= 0.3 is 0 Å². The molecule has 1 aromatic rings. The molecule has 0 radical (unpaired) electrons. The fourth-order valence-electron chi connectivity index (χ4n) is 3.03. The molecule has 1 amide bonds. The van der Waals surface area contributed by atoms with E-state index in [4.69, 9.17) is 5.73 Å². The average molecular weight is 385 g/mol. The molecule has 0 saturated carbocycles. The van der Waals surface area contributed by atoms with Crippen LogP contribution in [0.25, 0.3) is 0 Å². The summed E-state index contributed by atoms with van der Waals surface area (Å²) in [5, 5.41) is 11.5. The van der Waals surface area contributed by atoms with E-state index in [1.165, 1.54) is 6.07 Å². The second kappa shape index (κ2) is 9.73. The summed E-state index contributed by atoms with van der Waals surface area (Å²) in [4.78, 5) is 27.2. The first-order chi connectivity index (χ1) is 11.8. The zero-order valence-electron chi connectivity index (χ0n) is 15.7. The number of amides is 1. The number of rotatable bonds is 7. The summed E-state index contributed by atoms with van der Waals surface area (Å²) in [6.45, 7) is 6.27. The maximum Gasteiger partial charge on any atom is 0.293 e. The quantitative estimate of drug-likeness (QED) is 0.576. The minimum absolute atomic E-state index is 0. The molecule has 0 bridgehead atoms. The van der Waals surface area contributed by atoms with Crippen LogP contribution in [0.5, 0.6) is 0 Å². The number of carbonyl (C=O) groups is 1. The van der Waals surface area contributed by atoms with Crippen molar-refractivity contribution in [1.82, 2.24) is 4.90 Å². The molecule has 1 unspecified atom stereocenters. The third kappa shape index (κ3) is 5.32. The van der Waals surface area contributed by atoms with E-state index < -0.39 is 4.92 Å². The lowest BCUT2D eigenvalue weighted by Gasteiger charge is -2.22. The number of hydrogen-bond acceptors (Lipinski definition) is 5. The highest BCUT2D eigenvalue weighted by molar-refractivity contribution is 5.95. The van der Waals surface area contributed by atoms with Crippen LogP contribution in [0.3, 0.4) is 0 Å². The largest absolute Gasteiger partial charge is 0.366 e. The molecule has 1 aromatic carbocycles. The number of hydrogen-bond donors (Lipinski definition) is 1. The molecule has 0 aromatic heterocycles. The Labute approximate surface area is 161 Å². The van der Waals surface area contributed by atoms with Crippen LogP contribution in [0.1, 0.15) is 43.5 Å². The van der Waals surface area contributed by atoms with Crippen molar-refractivity contribution < 1.29 is 9.72 Å². The van der Waals surface area contributed by atoms with Crippen molar-refractivity contribution in [3.05, 3.63) is 33.9 Å². The van der Waals surface area contributed by atoms with Crippen molar-refractivity contribution >= 4 is 29.7 Å². The van der Waals surface area contributed by atoms with Crippen LogP contribution in [0.4, 0.5) is 11.4 Å². The number of halogens is 1. The third-order valence-electron chi connectivity index (χ3n) is 4.87. The fraction of sp³-hybridized carbons (Fsp3) is 0.611. The Hall–Kier alpha value is -1.86. The molecule has 1 saturated heterocycles. The van der Waals surface area contributed by atoms with Crippen LogP contribution >= 0.6 is 12.4 Å². The summed E-state index contributed by atoms with van der Waals surface area (Å²) in [5.41, 5.74) is 6.97. The van der Waals surface area contributed by atoms with E-state index >= 15 is 0 Å². The van der Waals surface area contributed by atoms with Gasteiger partial charge in [-0.2, -0.15) is 0 Å². The Kier molecular flexibility index (Phi) is 8.30. The predicted octanol–water partition coefficient (Wildman–Crippen LogP) is 3.06. The lowest BCUT2D eigenvalue weighted by Crippen LogP contribution is -2.34. The van der Waals surface area contributed by atoms with Gasteiger partial charge in [0, 0.05) is 44.4 Å². The van der Waals surface area contributed by atoms with Gasteiger partial charge in [0.15, 0.2) is 0 Å². The van der Waals surface area contributed by atoms with Crippen molar-refractivity contribution in [2.75, 3.05) is 31.6 Å². The smallest absolute Gasteiger partial charge is 0.293 e. The molecule has 1 aliphatic heterocycles. The highest BCUT2D eigenvalue weighted by Crippen LogP contribution is 2.31. The van der Waals surface area contributed by atoms with Crippen molar-refractivity contribution in [3.8, 4) is 0 Å². The van der Waals surface area contributed by atoms with Crippen molar-refractivity contribution in [1.29, 1.82) is 0 Å². The Morgan fingerprint density at radius 1 is 1.35 bits per heavy atom. The maximum atomic E-state index is 12.6. The molecule has 0 spiro atoms. The summed E-state index contributed by atoms with van der Waals surface area (Å²) < 4.78 is 0. The second-order valence-corrected chi connectivity index (χ2v) is 7.08. The van der Waals surface area contributed by atoms with Crippen LogP contribution in [0.2, 0.25) is 0 Å². The van der Waals surface area contributed by atoms with Gasteiger partial charge in [-0.3, -0.25) is 14.9 Å². The van der Waals surface area contributed by atoms with E-state index in [9.17, 15) is 14.9 Å². The lowest BCUT2D eigenvalue weighted by molar-refractivity contribution is -0.384. The van der Waals surface area contributed by atoms with E-state index in [0.717, 1.165) is 25.9 Å². The second-order valence-electron chi connectivity index (χ2n) is 7.08.